The summed E-state index contributed by atoms with van der Waals surface area (Å²) in [4.78, 5) is 12.0. The SMILES string of the molecule is C[Si](C)(C)CCOC(=O)c1ccc(OCc2ccccc2)cc1. The van der Waals surface area contributed by atoms with Crippen LogP contribution in [-0.2, 0) is 11.3 Å². The van der Waals surface area contributed by atoms with Crippen molar-refractivity contribution in [2.24, 2.45) is 0 Å². The quantitative estimate of drug-likeness (QED) is 0.543. The van der Waals surface area contributed by atoms with Gasteiger partial charge < -0.3 is 9.47 Å². The van der Waals surface area contributed by atoms with Crippen molar-refractivity contribution in [3.8, 4) is 5.75 Å². The van der Waals surface area contributed by atoms with Crippen molar-refractivity contribution in [2.75, 3.05) is 6.61 Å². The van der Waals surface area contributed by atoms with Gasteiger partial charge in [0.25, 0.3) is 0 Å². The van der Waals surface area contributed by atoms with E-state index in [1.165, 1.54) is 0 Å². The number of ether oxygens (including phenoxy) is 2. The Morgan fingerprint density at radius 2 is 1.61 bits per heavy atom. The average Bonchev–Trinajstić information content (AvgIpc) is 2.53. The molecular formula is C19H24O3Si. The minimum atomic E-state index is -1.17. The Kier molecular flexibility index (Phi) is 5.99. The van der Waals surface area contributed by atoms with Crippen LogP contribution in [0.25, 0.3) is 0 Å². The molecule has 0 heterocycles. The van der Waals surface area contributed by atoms with Crippen LogP contribution in [0.15, 0.2) is 54.6 Å². The van der Waals surface area contributed by atoms with Crippen LogP contribution in [0, 0.1) is 0 Å². The molecule has 4 heteroatoms. The topological polar surface area (TPSA) is 35.5 Å². The maximum absolute atomic E-state index is 12.0. The molecule has 0 aromatic heterocycles. The third kappa shape index (κ3) is 6.28. The van der Waals surface area contributed by atoms with E-state index in [4.69, 9.17) is 9.47 Å². The van der Waals surface area contributed by atoms with Crippen molar-refractivity contribution in [3.63, 3.8) is 0 Å². The van der Waals surface area contributed by atoms with Crippen molar-refractivity contribution in [1.29, 1.82) is 0 Å². The summed E-state index contributed by atoms with van der Waals surface area (Å²) in [5.41, 5.74) is 1.68. The van der Waals surface area contributed by atoms with Crippen molar-refractivity contribution in [1.82, 2.24) is 0 Å². The minimum Gasteiger partial charge on any atom is -0.489 e. The van der Waals surface area contributed by atoms with Crippen LogP contribution in [0.4, 0.5) is 0 Å². The fourth-order valence-electron chi connectivity index (χ4n) is 1.96. The predicted octanol–water partition coefficient (Wildman–Crippen LogP) is 4.76. The average molecular weight is 328 g/mol. The van der Waals surface area contributed by atoms with Gasteiger partial charge in [0, 0.05) is 8.07 Å². The van der Waals surface area contributed by atoms with E-state index in [0.29, 0.717) is 18.8 Å². The first-order chi connectivity index (χ1) is 10.9. The molecule has 2 rings (SSSR count). The zero-order chi connectivity index (χ0) is 16.7. The first-order valence-corrected chi connectivity index (χ1v) is 11.6. The van der Waals surface area contributed by atoms with Crippen molar-refractivity contribution < 1.29 is 14.3 Å². The highest BCUT2D eigenvalue weighted by atomic mass is 28.3. The number of hydrogen-bond donors (Lipinski definition) is 0. The van der Waals surface area contributed by atoms with Gasteiger partial charge in [-0.05, 0) is 35.9 Å². The van der Waals surface area contributed by atoms with Gasteiger partial charge in [-0.25, -0.2) is 4.79 Å². The molecule has 0 fully saturated rings. The van der Waals surface area contributed by atoms with E-state index in [0.717, 1.165) is 17.4 Å². The highest BCUT2D eigenvalue weighted by Crippen LogP contribution is 2.15. The van der Waals surface area contributed by atoms with E-state index in [9.17, 15) is 4.79 Å². The van der Waals surface area contributed by atoms with Gasteiger partial charge >= 0.3 is 5.97 Å². The summed E-state index contributed by atoms with van der Waals surface area (Å²) in [6.07, 6.45) is 0. The lowest BCUT2D eigenvalue weighted by atomic mass is 10.2. The Balaban J connectivity index is 1.83. The Hall–Kier alpha value is -2.07. The fraction of sp³-hybridized carbons (Fsp3) is 0.316. The molecule has 0 radical (unpaired) electrons. The molecule has 0 unspecified atom stereocenters. The third-order valence-corrected chi connectivity index (χ3v) is 5.13. The van der Waals surface area contributed by atoms with E-state index >= 15 is 0 Å². The summed E-state index contributed by atoms with van der Waals surface area (Å²) >= 11 is 0. The van der Waals surface area contributed by atoms with Crippen molar-refractivity contribution in [2.45, 2.75) is 32.3 Å². The van der Waals surface area contributed by atoms with Crippen LogP contribution < -0.4 is 4.74 Å². The number of carbonyl (C=O) groups is 1. The standard InChI is InChI=1S/C19H24O3Si/c1-23(2,3)14-13-21-19(20)17-9-11-18(12-10-17)22-15-16-7-5-4-6-8-16/h4-12H,13-15H2,1-3H3. The van der Waals surface area contributed by atoms with Gasteiger partial charge in [0.15, 0.2) is 0 Å². The second-order valence-electron chi connectivity index (χ2n) is 6.75. The van der Waals surface area contributed by atoms with E-state index in [-0.39, 0.29) is 5.97 Å². The molecule has 0 spiro atoms. The zero-order valence-electron chi connectivity index (χ0n) is 14.0. The summed E-state index contributed by atoms with van der Waals surface area (Å²) in [5, 5.41) is 0. The number of benzene rings is 2. The van der Waals surface area contributed by atoms with Gasteiger partial charge in [-0.2, -0.15) is 0 Å². The molecule has 0 saturated heterocycles. The highest BCUT2D eigenvalue weighted by molar-refractivity contribution is 6.76. The summed E-state index contributed by atoms with van der Waals surface area (Å²) in [6.45, 7) is 7.81. The first-order valence-electron chi connectivity index (χ1n) is 7.88. The summed E-state index contributed by atoms with van der Waals surface area (Å²) in [6, 6.07) is 18.1. The normalized spacial score (nSPS) is 11.1. The molecule has 0 bridgehead atoms. The molecule has 0 aliphatic heterocycles. The van der Waals surface area contributed by atoms with Gasteiger partial charge in [-0.15, -0.1) is 0 Å². The molecule has 0 aliphatic rings. The van der Waals surface area contributed by atoms with Crippen LogP contribution in [-0.4, -0.2) is 20.7 Å². The zero-order valence-corrected chi connectivity index (χ0v) is 15.0. The number of rotatable bonds is 7. The lowest BCUT2D eigenvalue weighted by molar-refractivity contribution is 0.0525. The van der Waals surface area contributed by atoms with E-state index in [1.54, 1.807) is 24.3 Å². The number of esters is 1. The summed E-state index contributed by atoms with van der Waals surface area (Å²) in [7, 11) is -1.17. The van der Waals surface area contributed by atoms with Crippen LogP contribution in [0.1, 0.15) is 15.9 Å². The molecule has 0 saturated carbocycles. The fourth-order valence-corrected chi connectivity index (χ4v) is 2.68. The Labute approximate surface area is 139 Å². The summed E-state index contributed by atoms with van der Waals surface area (Å²) in [5.74, 6) is 0.477. The Morgan fingerprint density at radius 3 is 2.22 bits per heavy atom. The lowest BCUT2D eigenvalue weighted by Crippen LogP contribution is -2.22. The van der Waals surface area contributed by atoms with Gasteiger partial charge in [-0.3, -0.25) is 0 Å². The maximum Gasteiger partial charge on any atom is 0.338 e. The van der Waals surface area contributed by atoms with Crippen molar-refractivity contribution in [3.05, 3.63) is 65.7 Å². The van der Waals surface area contributed by atoms with Crippen LogP contribution >= 0.6 is 0 Å². The molecule has 122 valence electrons. The molecule has 23 heavy (non-hydrogen) atoms. The molecule has 2 aromatic rings. The molecule has 0 N–H and O–H groups in total. The molecule has 0 aliphatic carbocycles. The first kappa shape index (κ1) is 17.3. The van der Waals surface area contributed by atoms with E-state index in [2.05, 4.69) is 19.6 Å². The van der Waals surface area contributed by atoms with Crippen LogP contribution in [0.2, 0.25) is 25.7 Å². The smallest absolute Gasteiger partial charge is 0.338 e. The van der Waals surface area contributed by atoms with Gasteiger partial charge in [0.2, 0.25) is 0 Å². The third-order valence-electron chi connectivity index (χ3n) is 3.42. The number of hydrogen-bond acceptors (Lipinski definition) is 3. The Morgan fingerprint density at radius 1 is 0.957 bits per heavy atom. The van der Waals surface area contributed by atoms with Gasteiger partial charge in [-0.1, -0.05) is 50.0 Å². The van der Waals surface area contributed by atoms with Gasteiger partial charge in [0.1, 0.15) is 12.4 Å². The Bertz CT molecular complexity index is 615. The maximum atomic E-state index is 12.0. The molecule has 0 amide bonds. The number of carbonyl (C=O) groups excluding carboxylic acids is 1. The second-order valence-corrected chi connectivity index (χ2v) is 12.4. The molecule has 2 aromatic carbocycles. The second kappa shape index (κ2) is 7.97. The monoisotopic (exact) mass is 328 g/mol. The van der Waals surface area contributed by atoms with Crippen molar-refractivity contribution >= 4 is 14.0 Å². The largest absolute Gasteiger partial charge is 0.489 e. The predicted molar refractivity (Wildman–Crippen MR) is 95.7 cm³/mol. The minimum absolute atomic E-state index is 0.266. The molecule has 0 atom stereocenters. The van der Waals surface area contributed by atoms with E-state index in [1.807, 2.05) is 30.3 Å². The van der Waals surface area contributed by atoms with Crippen LogP contribution in [0.5, 0.6) is 5.75 Å². The van der Waals surface area contributed by atoms with Gasteiger partial charge in [0.05, 0.1) is 12.2 Å². The highest BCUT2D eigenvalue weighted by Gasteiger charge is 2.14. The van der Waals surface area contributed by atoms with Crippen LogP contribution in [0.3, 0.4) is 0 Å². The lowest BCUT2D eigenvalue weighted by Gasteiger charge is -2.15. The molecule has 3 nitrogen and oxygen atoms in total. The summed E-state index contributed by atoms with van der Waals surface area (Å²) < 4.78 is 11.0. The van der Waals surface area contributed by atoms with E-state index < -0.39 is 8.07 Å². The molecular weight excluding hydrogens is 304 g/mol.